The monoisotopic (exact) mass is 318 g/mol. The van der Waals surface area contributed by atoms with Crippen LogP contribution < -0.4 is 16.0 Å². The van der Waals surface area contributed by atoms with Gasteiger partial charge >= 0.3 is 6.03 Å². The maximum atomic E-state index is 11.8. The number of hydrogen-bond acceptors (Lipinski definition) is 4. The standard InChI is InChI=1S/C15H15ClN4O2/c1-8-5-11(17)13(7-14(8)21)20(15(18)22)9-3-4-12(19-2)10(16)6-9/h3-7,17,19H,1-2H3,(H2,18,22). The number of urea groups is 1. The summed E-state index contributed by atoms with van der Waals surface area (Å²) in [7, 11) is 1.72. The van der Waals surface area contributed by atoms with Crippen molar-refractivity contribution < 1.29 is 9.59 Å². The molecule has 0 heterocycles. The van der Waals surface area contributed by atoms with Crippen molar-refractivity contribution in [3.8, 4) is 0 Å². The lowest BCUT2D eigenvalue weighted by Crippen LogP contribution is -2.38. The number of halogens is 1. The van der Waals surface area contributed by atoms with E-state index in [1.807, 2.05) is 0 Å². The molecule has 4 N–H and O–H groups in total. The summed E-state index contributed by atoms with van der Waals surface area (Å²) in [6.07, 6.45) is 2.62. The van der Waals surface area contributed by atoms with Gasteiger partial charge in [-0.3, -0.25) is 15.1 Å². The second kappa shape index (κ2) is 6.03. The number of carbonyl (C=O) groups excluding carboxylic acids is 2. The molecule has 6 nitrogen and oxygen atoms in total. The van der Waals surface area contributed by atoms with Gasteiger partial charge in [0.2, 0.25) is 0 Å². The molecule has 0 radical (unpaired) electrons. The van der Waals surface area contributed by atoms with E-state index >= 15 is 0 Å². The van der Waals surface area contributed by atoms with Crippen molar-refractivity contribution in [2.75, 3.05) is 17.3 Å². The van der Waals surface area contributed by atoms with E-state index in [0.29, 0.717) is 22.0 Å². The van der Waals surface area contributed by atoms with Gasteiger partial charge in [0.25, 0.3) is 0 Å². The van der Waals surface area contributed by atoms with Crippen LogP contribution in [0.15, 0.2) is 41.6 Å². The molecular weight excluding hydrogens is 304 g/mol. The smallest absolute Gasteiger partial charge is 0.323 e. The molecule has 0 saturated carbocycles. The van der Waals surface area contributed by atoms with Gasteiger partial charge in [-0.25, -0.2) is 4.79 Å². The summed E-state index contributed by atoms with van der Waals surface area (Å²) in [6, 6.07) is 4.06. The van der Waals surface area contributed by atoms with Crippen molar-refractivity contribution in [2.24, 2.45) is 5.73 Å². The average Bonchev–Trinajstić information content (AvgIpc) is 2.44. The van der Waals surface area contributed by atoms with Crippen molar-refractivity contribution in [3.63, 3.8) is 0 Å². The first-order chi connectivity index (χ1) is 10.3. The third-order valence-corrected chi connectivity index (χ3v) is 3.55. The van der Waals surface area contributed by atoms with Crippen LogP contribution in [0.25, 0.3) is 0 Å². The molecular formula is C15H15ClN4O2. The van der Waals surface area contributed by atoms with Crippen LogP contribution >= 0.6 is 11.6 Å². The minimum atomic E-state index is -0.801. The fourth-order valence-electron chi connectivity index (χ4n) is 2.09. The van der Waals surface area contributed by atoms with Crippen molar-refractivity contribution in [1.82, 2.24) is 0 Å². The summed E-state index contributed by atoms with van der Waals surface area (Å²) in [5, 5.41) is 11.3. The molecule has 0 spiro atoms. The Bertz CT molecular complexity index is 737. The van der Waals surface area contributed by atoms with Crippen LogP contribution in [0.2, 0.25) is 5.02 Å². The van der Waals surface area contributed by atoms with E-state index in [1.54, 1.807) is 32.2 Å². The van der Waals surface area contributed by atoms with Gasteiger partial charge in [0.1, 0.15) is 0 Å². The Kier molecular flexibility index (Phi) is 4.32. The molecule has 2 amide bonds. The number of rotatable bonds is 3. The number of benzene rings is 1. The molecule has 22 heavy (non-hydrogen) atoms. The van der Waals surface area contributed by atoms with Crippen LogP contribution in [0.1, 0.15) is 6.92 Å². The second-order valence-electron chi connectivity index (χ2n) is 4.72. The van der Waals surface area contributed by atoms with Crippen molar-refractivity contribution in [1.29, 1.82) is 5.41 Å². The molecule has 0 fully saturated rings. The zero-order valence-electron chi connectivity index (χ0n) is 12.1. The molecule has 0 unspecified atom stereocenters. The molecule has 0 bridgehead atoms. The maximum absolute atomic E-state index is 11.8. The Labute approximate surface area is 132 Å². The summed E-state index contributed by atoms with van der Waals surface area (Å²) in [6.45, 7) is 1.61. The van der Waals surface area contributed by atoms with E-state index in [1.165, 1.54) is 12.2 Å². The summed E-state index contributed by atoms with van der Waals surface area (Å²) < 4.78 is 0. The highest BCUT2D eigenvalue weighted by atomic mass is 35.5. The minimum Gasteiger partial charge on any atom is -0.387 e. The second-order valence-corrected chi connectivity index (χ2v) is 5.13. The summed E-state index contributed by atoms with van der Waals surface area (Å²) in [5.74, 6) is -0.268. The number of nitrogens with one attached hydrogen (secondary N) is 2. The lowest BCUT2D eigenvalue weighted by Gasteiger charge is -2.25. The number of amides is 2. The van der Waals surface area contributed by atoms with Crippen LogP contribution in [-0.2, 0) is 4.79 Å². The first-order valence-electron chi connectivity index (χ1n) is 6.45. The van der Waals surface area contributed by atoms with E-state index in [2.05, 4.69) is 5.32 Å². The molecule has 0 atom stereocenters. The highest BCUT2D eigenvalue weighted by Gasteiger charge is 2.25. The lowest BCUT2D eigenvalue weighted by molar-refractivity contribution is -0.111. The number of nitrogens with zero attached hydrogens (tertiary/aromatic N) is 1. The number of carbonyl (C=O) groups is 2. The number of primary amides is 1. The highest BCUT2D eigenvalue weighted by molar-refractivity contribution is 6.33. The molecule has 7 heteroatoms. The van der Waals surface area contributed by atoms with Gasteiger partial charge < -0.3 is 11.1 Å². The van der Waals surface area contributed by atoms with Crippen LogP contribution in [0.5, 0.6) is 0 Å². The molecule has 1 aromatic carbocycles. The molecule has 1 aromatic rings. The SMILES string of the molecule is CNc1ccc(N(C(N)=O)C2=CC(=O)C(C)=CC2=N)cc1Cl. The summed E-state index contributed by atoms with van der Waals surface area (Å²) in [5.41, 5.74) is 7.08. The van der Waals surface area contributed by atoms with Crippen LogP contribution in [-0.4, -0.2) is 24.6 Å². The number of anilines is 2. The predicted molar refractivity (Wildman–Crippen MR) is 87.6 cm³/mol. The molecule has 0 aliphatic heterocycles. The fraction of sp³-hybridized carbons (Fsp3) is 0.133. The van der Waals surface area contributed by atoms with Gasteiger partial charge in [0.05, 0.1) is 27.8 Å². The highest BCUT2D eigenvalue weighted by Crippen LogP contribution is 2.30. The van der Waals surface area contributed by atoms with Gasteiger partial charge in [0, 0.05) is 13.1 Å². The third-order valence-electron chi connectivity index (χ3n) is 3.23. The maximum Gasteiger partial charge on any atom is 0.323 e. The van der Waals surface area contributed by atoms with Gasteiger partial charge in [0.15, 0.2) is 5.78 Å². The average molecular weight is 319 g/mol. The van der Waals surface area contributed by atoms with Crippen molar-refractivity contribution >= 4 is 40.5 Å². The quantitative estimate of drug-likeness (QED) is 0.747. The lowest BCUT2D eigenvalue weighted by atomic mass is 10.0. The van der Waals surface area contributed by atoms with Crippen LogP contribution in [0, 0.1) is 5.41 Å². The van der Waals surface area contributed by atoms with Crippen molar-refractivity contribution in [2.45, 2.75) is 6.92 Å². The van der Waals surface area contributed by atoms with Gasteiger partial charge in [-0.05, 0) is 36.8 Å². The van der Waals surface area contributed by atoms with Gasteiger partial charge in [-0.15, -0.1) is 0 Å². The zero-order chi connectivity index (χ0) is 16.4. The van der Waals surface area contributed by atoms with Gasteiger partial charge in [-0.2, -0.15) is 0 Å². The molecule has 2 rings (SSSR count). The Morgan fingerprint density at radius 3 is 2.59 bits per heavy atom. The number of hydrogen-bond donors (Lipinski definition) is 3. The topological polar surface area (TPSA) is 99.3 Å². The number of nitrogens with two attached hydrogens (primary N) is 1. The normalized spacial score (nSPS) is 14.3. The first kappa shape index (κ1) is 15.8. The Balaban J connectivity index is 2.50. The molecule has 114 valence electrons. The predicted octanol–water partition coefficient (Wildman–Crippen LogP) is 2.70. The number of ketones is 1. The fourth-order valence-corrected chi connectivity index (χ4v) is 2.36. The Morgan fingerprint density at radius 2 is 2.05 bits per heavy atom. The van der Waals surface area contributed by atoms with Crippen LogP contribution in [0.3, 0.4) is 0 Å². The van der Waals surface area contributed by atoms with E-state index in [4.69, 9.17) is 22.7 Å². The first-order valence-corrected chi connectivity index (χ1v) is 6.83. The largest absolute Gasteiger partial charge is 0.387 e. The zero-order valence-corrected chi connectivity index (χ0v) is 12.9. The van der Waals surface area contributed by atoms with Crippen LogP contribution in [0.4, 0.5) is 16.2 Å². The van der Waals surface area contributed by atoms with Gasteiger partial charge in [-0.1, -0.05) is 11.6 Å². The van der Waals surface area contributed by atoms with E-state index < -0.39 is 6.03 Å². The molecule has 1 aliphatic carbocycles. The Morgan fingerprint density at radius 1 is 1.36 bits per heavy atom. The molecule has 0 aromatic heterocycles. The van der Waals surface area contributed by atoms with E-state index in [0.717, 1.165) is 4.90 Å². The molecule has 0 saturated heterocycles. The Hall–Kier alpha value is -2.60. The summed E-state index contributed by atoms with van der Waals surface area (Å²) in [4.78, 5) is 24.7. The molecule has 1 aliphatic rings. The minimum absolute atomic E-state index is 0.0321. The summed E-state index contributed by atoms with van der Waals surface area (Å²) >= 11 is 6.11. The van der Waals surface area contributed by atoms with E-state index in [9.17, 15) is 9.59 Å². The van der Waals surface area contributed by atoms with Crippen molar-refractivity contribution in [3.05, 3.63) is 46.6 Å². The van der Waals surface area contributed by atoms with E-state index in [-0.39, 0.29) is 17.2 Å². The number of allylic oxidation sites excluding steroid dienone is 3. The third kappa shape index (κ3) is 2.87.